The number of hydrogen-bond donors (Lipinski definition) is 1. The van der Waals surface area contributed by atoms with E-state index in [1.54, 1.807) is 28.4 Å². The summed E-state index contributed by atoms with van der Waals surface area (Å²) in [6.07, 6.45) is 2.00. The van der Waals surface area contributed by atoms with Gasteiger partial charge in [0.15, 0.2) is 23.0 Å². The van der Waals surface area contributed by atoms with E-state index in [-0.39, 0.29) is 0 Å². The fourth-order valence-corrected chi connectivity index (χ4v) is 2.91. The Morgan fingerprint density at radius 2 is 1.00 bits per heavy atom. The van der Waals surface area contributed by atoms with E-state index in [9.17, 15) is 0 Å². The average Bonchev–Trinajstić information content (AvgIpc) is 2.69. The molecule has 2 rings (SSSR count). The molecule has 5 heteroatoms. The Morgan fingerprint density at radius 1 is 0.615 bits per heavy atom. The van der Waals surface area contributed by atoms with Crippen LogP contribution >= 0.6 is 0 Å². The maximum absolute atomic E-state index is 5.38. The zero-order chi connectivity index (χ0) is 18.9. The molecule has 0 amide bonds. The molecule has 1 N–H and O–H groups in total. The van der Waals surface area contributed by atoms with Crippen molar-refractivity contribution in [2.24, 2.45) is 0 Å². The van der Waals surface area contributed by atoms with E-state index in [0.717, 1.165) is 48.9 Å². The number of nitrogens with one attached hydrogen (secondary N) is 1. The maximum Gasteiger partial charge on any atom is 0.160 e. The van der Waals surface area contributed by atoms with Gasteiger partial charge in [-0.1, -0.05) is 12.1 Å². The van der Waals surface area contributed by atoms with Gasteiger partial charge in [-0.15, -0.1) is 0 Å². The lowest BCUT2D eigenvalue weighted by atomic mass is 10.1. The molecule has 0 saturated heterocycles. The first-order valence-electron chi connectivity index (χ1n) is 8.84. The highest BCUT2D eigenvalue weighted by Crippen LogP contribution is 2.28. The predicted octanol–water partition coefficient (Wildman–Crippen LogP) is 2.02. The van der Waals surface area contributed by atoms with E-state index in [1.807, 2.05) is 12.1 Å². The number of quaternary nitrogens is 1. The van der Waals surface area contributed by atoms with Crippen molar-refractivity contribution in [3.8, 4) is 23.0 Å². The van der Waals surface area contributed by atoms with Crippen LogP contribution < -0.4 is 23.8 Å². The van der Waals surface area contributed by atoms with E-state index in [1.165, 1.54) is 16.0 Å². The van der Waals surface area contributed by atoms with Crippen molar-refractivity contribution < 1.29 is 23.8 Å². The minimum absolute atomic E-state index is 0.769. The van der Waals surface area contributed by atoms with Crippen LogP contribution in [0.3, 0.4) is 0 Å². The van der Waals surface area contributed by atoms with Crippen molar-refractivity contribution >= 4 is 0 Å². The molecule has 0 atom stereocenters. The first-order valence-corrected chi connectivity index (χ1v) is 8.84. The standard InChI is InChI=1S/C21H29NO4/c1-22(12-10-16-6-8-18(23-2)20(14-16)25-4)13-11-17-7-9-19(24-3)21(15-17)26-5/h6-9,14-15H,10-13H2,1-5H3/p+1. The molecule has 5 nitrogen and oxygen atoms in total. The Balaban J connectivity index is 1.86. The molecule has 0 saturated carbocycles. The van der Waals surface area contributed by atoms with Crippen LogP contribution in [0.25, 0.3) is 0 Å². The summed E-state index contributed by atoms with van der Waals surface area (Å²) in [4.78, 5) is 1.48. The number of rotatable bonds is 10. The summed E-state index contributed by atoms with van der Waals surface area (Å²) in [5.74, 6) is 3.11. The minimum Gasteiger partial charge on any atom is -0.493 e. The Morgan fingerprint density at radius 3 is 1.35 bits per heavy atom. The molecule has 26 heavy (non-hydrogen) atoms. The van der Waals surface area contributed by atoms with E-state index in [4.69, 9.17) is 18.9 Å². The molecule has 2 aromatic rings. The van der Waals surface area contributed by atoms with Crippen molar-refractivity contribution in [2.45, 2.75) is 12.8 Å². The van der Waals surface area contributed by atoms with Crippen LogP contribution in [0.2, 0.25) is 0 Å². The van der Waals surface area contributed by atoms with Crippen molar-refractivity contribution in [3.05, 3.63) is 47.5 Å². The SMILES string of the molecule is COc1ccc(CC[NH+](C)CCc2ccc(OC)c(OC)c2)cc1OC. The number of methoxy groups -OCH3 is 4. The highest BCUT2D eigenvalue weighted by molar-refractivity contribution is 5.43. The molecule has 0 aliphatic heterocycles. The highest BCUT2D eigenvalue weighted by Gasteiger charge is 2.09. The Kier molecular flexibility index (Phi) is 7.60. The highest BCUT2D eigenvalue weighted by atomic mass is 16.5. The van der Waals surface area contributed by atoms with Gasteiger partial charge in [-0.05, 0) is 35.4 Å². The lowest BCUT2D eigenvalue weighted by molar-refractivity contribution is -0.879. The van der Waals surface area contributed by atoms with E-state index in [2.05, 4.69) is 31.3 Å². The van der Waals surface area contributed by atoms with Gasteiger partial charge >= 0.3 is 0 Å². The molecular formula is C21H30NO4+. The summed E-state index contributed by atoms with van der Waals surface area (Å²) in [5, 5.41) is 0. The van der Waals surface area contributed by atoms with Crippen LogP contribution in [0.1, 0.15) is 11.1 Å². The molecule has 0 aliphatic carbocycles. The van der Waals surface area contributed by atoms with Gasteiger partial charge in [-0.3, -0.25) is 0 Å². The molecule has 0 fully saturated rings. The molecule has 0 unspecified atom stereocenters. The predicted molar refractivity (Wildman–Crippen MR) is 103 cm³/mol. The number of ether oxygens (including phenoxy) is 4. The third-order valence-electron chi connectivity index (χ3n) is 4.58. The van der Waals surface area contributed by atoms with Gasteiger partial charge in [0, 0.05) is 12.8 Å². The van der Waals surface area contributed by atoms with E-state index in [0.29, 0.717) is 0 Å². The molecule has 0 bridgehead atoms. The monoisotopic (exact) mass is 360 g/mol. The largest absolute Gasteiger partial charge is 0.493 e. The van der Waals surface area contributed by atoms with Gasteiger partial charge in [0.25, 0.3) is 0 Å². The molecule has 2 aromatic carbocycles. The van der Waals surface area contributed by atoms with Gasteiger partial charge in [0.2, 0.25) is 0 Å². The average molecular weight is 360 g/mol. The Bertz CT molecular complexity index is 643. The molecule has 0 spiro atoms. The van der Waals surface area contributed by atoms with E-state index < -0.39 is 0 Å². The zero-order valence-electron chi connectivity index (χ0n) is 16.4. The van der Waals surface area contributed by atoms with Gasteiger partial charge in [0.05, 0.1) is 48.6 Å². The maximum atomic E-state index is 5.38. The smallest absolute Gasteiger partial charge is 0.160 e. The molecule has 0 aromatic heterocycles. The van der Waals surface area contributed by atoms with E-state index >= 15 is 0 Å². The lowest BCUT2D eigenvalue weighted by Gasteiger charge is -2.15. The molecule has 142 valence electrons. The van der Waals surface area contributed by atoms with Crippen LogP contribution in [0, 0.1) is 0 Å². The fraction of sp³-hybridized carbons (Fsp3) is 0.429. The Hall–Kier alpha value is -2.40. The quantitative estimate of drug-likeness (QED) is 0.704. The normalized spacial score (nSPS) is 10.7. The third kappa shape index (κ3) is 5.30. The molecule has 0 radical (unpaired) electrons. The van der Waals surface area contributed by atoms with Gasteiger partial charge in [0.1, 0.15) is 0 Å². The second kappa shape index (κ2) is 9.92. The van der Waals surface area contributed by atoms with Crippen LogP contribution in [0.15, 0.2) is 36.4 Å². The zero-order valence-corrected chi connectivity index (χ0v) is 16.4. The molecule has 0 heterocycles. The Labute approximate surface area is 156 Å². The fourth-order valence-electron chi connectivity index (χ4n) is 2.91. The van der Waals surface area contributed by atoms with Crippen molar-refractivity contribution in [2.75, 3.05) is 48.6 Å². The second-order valence-corrected chi connectivity index (χ2v) is 6.34. The summed E-state index contributed by atoms with van der Waals surface area (Å²) in [7, 11) is 8.87. The van der Waals surface area contributed by atoms with Gasteiger partial charge in [-0.25, -0.2) is 0 Å². The second-order valence-electron chi connectivity index (χ2n) is 6.34. The first kappa shape index (κ1) is 19.9. The summed E-state index contributed by atoms with van der Waals surface area (Å²) in [5.41, 5.74) is 2.52. The topological polar surface area (TPSA) is 41.4 Å². The van der Waals surface area contributed by atoms with Crippen LogP contribution in [-0.2, 0) is 12.8 Å². The lowest BCUT2D eigenvalue weighted by Crippen LogP contribution is -3.09. The van der Waals surface area contributed by atoms with Gasteiger partial charge in [-0.2, -0.15) is 0 Å². The number of likely N-dealkylation sites (N-methyl/N-ethyl adjacent to an activating group) is 1. The summed E-state index contributed by atoms with van der Waals surface area (Å²) >= 11 is 0. The summed E-state index contributed by atoms with van der Waals surface area (Å²) in [6.45, 7) is 2.12. The van der Waals surface area contributed by atoms with Crippen LogP contribution in [0.5, 0.6) is 23.0 Å². The number of benzene rings is 2. The molecular weight excluding hydrogens is 330 g/mol. The van der Waals surface area contributed by atoms with Crippen LogP contribution in [-0.4, -0.2) is 48.6 Å². The van der Waals surface area contributed by atoms with Gasteiger partial charge < -0.3 is 23.8 Å². The molecule has 0 aliphatic rings. The minimum atomic E-state index is 0.769. The van der Waals surface area contributed by atoms with Crippen molar-refractivity contribution in [1.29, 1.82) is 0 Å². The number of hydrogen-bond acceptors (Lipinski definition) is 4. The van der Waals surface area contributed by atoms with Crippen molar-refractivity contribution in [3.63, 3.8) is 0 Å². The third-order valence-corrected chi connectivity index (χ3v) is 4.58. The first-order chi connectivity index (χ1) is 12.6. The summed E-state index contributed by atoms with van der Waals surface area (Å²) in [6, 6.07) is 12.2. The van der Waals surface area contributed by atoms with Crippen LogP contribution in [0.4, 0.5) is 0 Å². The summed E-state index contributed by atoms with van der Waals surface area (Å²) < 4.78 is 21.3. The van der Waals surface area contributed by atoms with Crippen molar-refractivity contribution in [1.82, 2.24) is 0 Å².